The molecular formula is C16H11N3. The summed E-state index contributed by atoms with van der Waals surface area (Å²) in [7, 11) is 0. The highest BCUT2D eigenvalue weighted by Gasteiger charge is 2.06. The summed E-state index contributed by atoms with van der Waals surface area (Å²) < 4.78 is 0. The summed E-state index contributed by atoms with van der Waals surface area (Å²) in [6.07, 6.45) is 1.75. The molecular weight excluding hydrogens is 234 g/mol. The van der Waals surface area contributed by atoms with E-state index in [4.69, 9.17) is 0 Å². The fourth-order valence-corrected chi connectivity index (χ4v) is 2.52. The molecule has 3 nitrogen and oxygen atoms in total. The van der Waals surface area contributed by atoms with Gasteiger partial charge in [0.15, 0.2) is 0 Å². The number of aromatic nitrogens is 3. The van der Waals surface area contributed by atoms with Crippen LogP contribution in [0.5, 0.6) is 0 Å². The molecule has 1 heterocycles. The standard InChI is InChI=1S/C16H11N3/c1-2-5-12-9-15-13(8-11(12)4-1)6-3-7-14(15)16-10-17-19-18-16/h1-10H,(H,17,18,19). The highest BCUT2D eigenvalue weighted by Crippen LogP contribution is 2.30. The van der Waals surface area contributed by atoms with Crippen LogP contribution in [0.1, 0.15) is 0 Å². The van der Waals surface area contributed by atoms with Gasteiger partial charge in [0.2, 0.25) is 0 Å². The number of hydrogen-bond acceptors (Lipinski definition) is 2. The maximum atomic E-state index is 4.18. The van der Waals surface area contributed by atoms with Gasteiger partial charge in [-0.15, -0.1) is 0 Å². The van der Waals surface area contributed by atoms with E-state index in [1.165, 1.54) is 21.5 Å². The summed E-state index contributed by atoms with van der Waals surface area (Å²) >= 11 is 0. The van der Waals surface area contributed by atoms with Crippen LogP contribution < -0.4 is 0 Å². The Kier molecular flexibility index (Phi) is 2.12. The normalized spacial score (nSPS) is 11.2. The summed E-state index contributed by atoms with van der Waals surface area (Å²) in [5.41, 5.74) is 1.98. The van der Waals surface area contributed by atoms with Crippen LogP contribution in [0.25, 0.3) is 32.8 Å². The van der Waals surface area contributed by atoms with Crippen LogP contribution in [0.2, 0.25) is 0 Å². The maximum Gasteiger partial charge on any atom is 0.113 e. The van der Waals surface area contributed by atoms with Crippen molar-refractivity contribution in [3.63, 3.8) is 0 Å². The number of fused-ring (bicyclic) bond motifs is 2. The summed E-state index contributed by atoms with van der Waals surface area (Å²) in [6.45, 7) is 0. The number of nitrogens with one attached hydrogen (secondary N) is 1. The highest BCUT2D eigenvalue weighted by molar-refractivity contribution is 6.04. The minimum atomic E-state index is 0.876. The van der Waals surface area contributed by atoms with Gasteiger partial charge in [-0.2, -0.15) is 15.4 Å². The summed E-state index contributed by atoms with van der Waals surface area (Å²) in [6, 6.07) is 19.1. The summed E-state index contributed by atoms with van der Waals surface area (Å²) in [4.78, 5) is 0. The van der Waals surface area contributed by atoms with E-state index in [1.54, 1.807) is 6.20 Å². The van der Waals surface area contributed by atoms with Gasteiger partial charge in [-0.05, 0) is 33.7 Å². The summed E-state index contributed by atoms with van der Waals surface area (Å²) in [5, 5.41) is 15.7. The molecule has 0 atom stereocenters. The number of rotatable bonds is 1. The van der Waals surface area contributed by atoms with E-state index in [0.717, 1.165) is 11.3 Å². The first-order valence-electron chi connectivity index (χ1n) is 6.19. The Morgan fingerprint density at radius 2 is 1.58 bits per heavy atom. The fourth-order valence-electron chi connectivity index (χ4n) is 2.52. The van der Waals surface area contributed by atoms with E-state index in [-0.39, 0.29) is 0 Å². The van der Waals surface area contributed by atoms with Gasteiger partial charge in [0.1, 0.15) is 5.69 Å². The van der Waals surface area contributed by atoms with Crippen LogP contribution in [0, 0.1) is 0 Å². The van der Waals surface area contributed by atoms with Crippen molar-refractivity contribution in [2.75, 3.05) is 0 Å². The van der Waals surface area contributed by atoms with Crippen LogP contribution >= 0.6 is 0 Å². The smallest absolute Gasteiger partial charge is 0.113 e. The molecule has 3 aromatic carbocycles. The highest BCUT2D eigenvalue weighted by atomic mass is 15.3. The van der Waals surface area contributed by atoms with Crippen molar-refractivity contribution in [3.05, 3.63) is 60.8 Å². The van der Waals surface area contributed by atoms with Gasteiger partial charge in [0, 0.05) is 5.56 Å². The van der Waals surface area contributed by atoms with Gasteiger partial charge in [-0.3, -0.25) is 0 Å². The average Bonchev–Trinajstić information content (AvgIpc) is 2.98. The molecule has 0 aliphatic rings. The molecule has 0 bridgehead atoms. The molecule has 90 valence electrons. The van der Waals surface area contributed by atoms with Gasteiger partial charge < -0.3 is 0 Å². The van der Waals surface area contributed by atoms with Crippen LogP contribution in [0.15, 0.2) is 60.8 Å². The molecule has 1 aromatic heterocycles. The summed E-state index contributed by atoms with van der Waals surface area (Å²) in [5.74, 6) is 0. The fraction of sp³-hybridized carbons (Fsp3) is 0. The Morgan fingerprint density at radius 3 is 2.37 bits per heavy atom. The number of aromatic amines is 1. The minimum Gasteiger partial charge on any atom is -0.197 e. The van der Waals surface area contributed by atoms with Gasteiger partial charge in [-0.25, -0.2) is 0 Å². The lowest BCUT2D eigenvalue weighted by atomic mass is 9.98. The van der Waals surface area contributed by atoms with Gasteiger partial charge in [-0.1, -0.05) is 42.5 Å². The van der Waals surface area contributed by atoms with E-state index in [2.05, 4.69) is 70.0 Å². The zero-order chi connectivity index (χ0) is 12.7. The lowest BCUT2D eigenvalue weighted by Gasteiger charge is -2.06. The average molecular weight is 245 g/mol. The second-order valence-corrected chi connectivity index (χ2v) is 4.58. The van der Waals surface area contributed by atoms with Crippen molar-refractivity contribution < 1.29 is 0 Å². The molecule has 0 fully saturated rings. The second-order valence-electron chi connectivity index (χ2n) is 4.58. The Balaban J connectivity index is 2.12. The molecule has 0 aliphatic heterocycles. The quantitative estimate of drug-likeness (QED) is 0.518. The molecule has 4 aromatic rings. The first-order chi connectivity index (χ1) is 9.42. The molecule has 0 spiro atoms. The first-order valence-corrected chi connectivity index (χ1v) is 6.19. The van der Waals surface area contributed by atoms with Gasteiger partial charge in [0.25, 0.3) is 0 Å². The largest absolute Gasteiger partial charge is 0.197 e. The molecule has 19 heavy (non-hydrogen) atoms. The van der Waals surface area contributed by atoms with Crippen molar-refractivity contribution in [2.24, 2.45) is 0 Å². The Labute approximate surface area is 109 Å². The number of H-pyrrole nitrogens is 1. The SMILES string of the molecule is c1ccc2cc3c(-c4cn[nH]n4)cccc3cc2c1. The Hall–Kier alpha value is -2.68. The third-order valence-electron chi connectivity index (χ3n) is 3.44. The van der Waals surface area contributed by atoms with E-state index in [9.17, 15) is 0 Å². The number of hydrogen-bond donors (Lipinski definition) is 1. The third-order valence-corrected chi connectivity index (χ3v) is 3.44. The first kappa shape index (κ1) is 10.3. The van der Waals surface area contributed by atoms with E-state index >= 15 is 0 Å². The van der Waals surface area contributed by atoms with Crippen molar-refractivity contribution >= 4 is 21.5 Å². The number of nitrogens with zero attached hydrogens (tertiary/aromatic N) is 2. The van der Waals surface area contributed by atoms with Crippen molar-refractivity contribution in [1.29, 1.82) is 0 Å². The molecule has 0 amide bonds. The van der Waals surface area contributed by atoms with Crippen molar-refractivity contribution in [3.8, 4) is 11.3 Å². The molecule has 0 aliphatic carbocycles. The predicted octanol–water partition coefficient (Wildman–Crippen LogP) is 3.78. The van der Waals surface area contributed by atoms with Crippen LogP contribution in [-0.2, 0) is 0 Å². The molecule has 3 heteroatoms. The third kappa shape index (κ3) is 1.59. The van der Waals surface area contributed by atoms with Crippen molar-refractivity contribution in [1.82, 2.24) is 15.4 Å². The number of benzene rings is 3. The molecule has 0 unspecified atom stereocenters. The Bertz CT molecular complexity index is 864. The molecule has 0 radical (unpaired) electrons. The minimum absolute atomic E-state index is 0.876. The maximum absolute atomic E-state index is 4.18. The van der Waals surface area contributed by atoms with E-state index in [0.29, 0.717) is 0 Å². The molecule has 0 saturated heterocycles. The molecule has 4 rings (SSSR count). The molecule has 1 N–H and O–H groups in total. The van der Waals surface area contributed by atoms with Crippen molar-refractivity contribution in [2.45, 2.75) is 0 Å². The van der Waals surface area contributed by atoms with Crippen LogP contribution in [-0.4, -0.2) is 15.4 Å². The second kappa shape index (κ2) is 3.92. The van der Waals surface area contributed by atoms with E-state index < -0.39 is 0 Å². The topological polar surface area (TPSA) is 41.6 Å². The zero-order valence-electron chi connectivity index (χ0n) is 10.2. The lowest BCUT2D eigenvalue weighted by Crippen LogP contribution is -1.83. The lowest BCUT2D eigenvalue weighted by molar-refractivity contribution is 0.942. The molecule has 0 saturated carbocycles. The Morgan fingerprint density at radius 1 is 0.789 bits per heavy atom. The van der Waals surface area contributed by atoms with Crippen LogP contribution in [0.4, 0.5) is 0 Å². The zero-order valence-corrected chi connectivity index (χ0v) is 10.2. The van der Waals surface area contributed by atoms with Gasteiger partial charge in [0.05, 0.1) is 6.20 Å². The van der Waals surface area contributed by atoms with Crippen LogP contribution in [0.3, 0.4) is 0 Å². The van der Waals surface area contributed by atoms with Gasteiger partial charge >= 0.3 is 0 Å². The monoisotopic (exact) mass is 245 g/mol. The van der Waals surface area contributed by atoms with E-state index in [1.807, 2.05) is 0 Å². The predicted molar refractivity (Wildman–Crippen MR) is 76.8 cm³/mol.